The van der Waals surface area contributed by atoms with E-state index in [9.17, 15) is 12.8 Å². The maximum absolute atomic E-state index is 13.3. The summed E-state index contributed by atoms with van der Waals surface area (Å²) in [6.45, 7) is 3.11. The van der Waals surface area contributed by atoms with Gasteiger partial charge < -0.3 is 0 Å². The highest BCUT2D eigenvalue weighted by Crippen LogP contribution is 2.29. The molecule has 0 atom stereocenters. The third-order valence-corrected chi connectivity index (χ3v) is 5.43. The Bertz CT molecular complexity index is 786. The Hall–Kier alpha value is -1.11. The maximum atomic E-state index is 13.3. The number of hydrogen-bond acceptors (Lipinski definition) is 2. The van der Waals surface area contributed by atoms with Crippen LogP contribution in [-0.4, -0.2) is 8.42 Å². The van der Waals surface area contributed by atoms with Crippen molar-refractivity contribution in [1.82, 2.24) is 0 Å². The summed E-state index contributed by atoms with van der Waals surface area (Å²) in [5.41, 5.74) is 1.07. The second kappa shape index (κ2) is 5.94. The van der Waals surface area contributed by atoms with Crippen molar-refractivity contribution in [3.05, 3.63) is 56.8 Å². The van der Waals surface area contributed by atoms with Crippen molar-refractivity contribution in [2.75, 3.05) is 4.72 Å². The van der Waals surface area contributed by atoms with Crippen LogP contribution in [0.25, 0.3) is 0 Å². The lowest BCUT2D eigenvalue weighted by atomic mass is 10.1. The van der Waals surface area contributed by atoms with Crippen LogP contribution in [-0.2, 0) is 10.0 Å². The summed E-state index contributed by atoms with van der Waals surface area (Å²) in [5, 5.41) is 0.485. The van der Waals surface area contributed by atoms with Gasteiger partial charge in [0.15, 0.2) is 0 Å². The van der Waals surface area contributed by atoms with Crippen molar-refractivity contribution in [3.63, 3.8) is 0 Å². The Balaban J connectivity index is 2.48. The molecule has 0 radical (unpaired) electrons. The molecular weight excluding hydrogens is 381 g/mol. The van der Waals surface area contributed by atoms with Gasteiger partial charge >= 0.3 is 0 Å². The van der Waals surface area contributed by atoms with Gasteiger partial charge in [0, 0.05) is 9.50 Å². The molecule has 0 heterocycles. The standard InChI is InChI=1S/C14H12BrClFNO2S/c1-8-5-11(17)6-9(2)14(8)21(19,20)18-13-4-3-10(16)7-12(13)15/h3-7,18H,1-2H3. The fourth-order valence-electron chi connectivity index (χ4n) is 2.09. The maximum Gasteiger partial charge on any atom is 0.262 e. The Morgan fingerprint density at radius 3 is 2.24 bits per heavy atom. The second-order valence-electron chi connectivity index (χ2n) is 4.60. The summed E-state index contributed by atoms with van der Waals surface area (Å²) in [7, 11) is -3.82. The molecule has 3 nitrogen and oxygen atoms in total. The average molecular weight is 393 g/mol. The lowest BCUT2D eigenvalue weighted by Gasteiger charge is -2.14. The molecule has 0 spiro atoms. The summed E-state index contributed by atoms with van der Waals surface area (Å²) in [6.07, 6.45) is 0. The van der Waals surface area contributed by atoms with Gasteiger partial charge in [0.25, 0.3) is 10.0 Å². The molecule has 0 bridgehead atoms. The van der Waals surface area contributed by atoms with Crippen LogP contribution in [0.3, 0.4) is 0 Å². The van der Waals surface area contributed by atoms with Gasteiger partial charge in [0.05, 0.1) is 10.6 Å². The van der Waals surface area contributed by atoms with Gasteiger partial charge in [-0.2, -0.15) is 0 Å². The van der Waals surface area contributed by atoms with Crippen molar-refractivity contribution in [3.8, 4) is 0 Å². The minimum atomic E-state index is -3.82. The Morgan fingerprint density at radius 1 is 1.14 bits per heavy atom. The van der Waals surface area contributed by atoms with E-state index in [1.165, 1.54) is 12.1 Å². The number of halogens is 3. The highest BCUT2D eigenvalue weighted by molar-refractivity contribution is 9.10. The van der Waals surface area contributed by atoms with Crippen molar-refractivity contribution < 1.29 is 12.8 Å². The monoisotopic (exact) mass is 391 g/mol. The number of sulfonamides is 1. The molecule has 0 aliphatic carbocycles. The van der Waals surface area contributed by atoms with E-state index >= 15 is 0 Å². The summed E-state index contributed by atoms with van der Waals surface area (Å²) in [4.78, 5) is 0.0748. The highest BCUT2D eigenvalue weighted by atomic mass is 79.9. The van der Waals surface area contributed by atoms with Crippen molar-refractivity contribution in [2.45, 2.75) is 18.7 Å². The highest BCUT2D eigenvalue weighted by Gasteiger charge is 2.21. The Labute approximate surface area is 136 Å². The molecule has 0 fully saturated rings. The predicted octanol–water partition coefficient (Wildman–Crippen LogP) is 4.66. The number of nitrogens with one attached hydrogen (secondary N) is 1. The van der Waals surface area contributed by atoms with E-state index in [1.807, 2.05) is 0 Å². The minimum absolute atomic E-state index is 0.0748. The molecule has 2 rings (SSSR count). The van der Waals surface area contributed by atoms with E-state index < -0.39 is 15.8 Å². The van der Waals surface area contributed by atoms with Gasteiger partial charge in [-0.25, -0.2) is 12.8 Å². The van der Waals surface area contributed by atoms with Crippen molar-refractivity contribution >= 4 is 43.2 Å². The molecule has 0 saturated carbocycles. The van der Waals surface area contributed by atoms with Crippen LogP contribution < -0.4 is 4.72 Å². The summed E-state index contributed by atoms with van der Waals surface area (Å²) >= 11 is 9.07. The van der Waals surface area contributed by atoms with E-state index in [1.54, 1.807) is 32.0 Å². The lowest BCUT2D eigenvalue weighted by molar-refractivity contribution is 0.597. The second-order valence-corrected chi connectivity index (χ2v) is 7.51. The van der Waals surface area contributed by atoms with Gasteiger partial charge in [0.2, 0.25) is 0 Å². The molecule has 1 N–H and O–H groups in total. The summed E-state index contributed by atoms with van der Waals surface area (Å²) in [5.74, 6) is -0.461. The molecule has 2 aromatic rings. The van der Waals surface area contributed by atoms with Crippen LogP contribution in [0.1, 0.15) is 11.1 Å². The average Bonchev–Trinajstić information content (AvgIpc) is 2.30. The SMILES string of the molecule is Cc1cc(F)cc(C)c1S(=O)(=O)Nc1ccc(Cl)cc1Br. The molecule has 0 unspecified atom stereocenters. The van der Waals surface area contributed by atoms with Crippen LogP contribution in [0.5, 0.6) is 0 Å². The molecule has 2 aromatic carbocycles. The molecule has 0 saturated heterocycles. The number of benzene rings is 2. The van der Waals surface area contributed by atoms with Crippen LogP contribution in [0, 0.1) is 19.7 Å². The van der Waals surface area contributed by atoms with Gasteiger partial charge in [0.1, 0.15) is 5.82 Å². The van der Waals surface area contributed by atoms with E-state index in [0.29, 0.717) is 26.3 Å². The molecular formula is C14H12BrClFNO2S. The van der Waals surface area contributed by atoms with Crippen molar-refractivity contribution in [1.29, 1.82) is 0 Å². The van der Waals surface area contributed by atoms with Crippen LogP contribution in [0.4, 0.5) is 10.1 Å². The number of aryl methyl sites for hydroxylation is 2. The zero-order chi connectivity index (χ0) is 15.8. The fourth-order valence-corrected chi connectivity index (χ4v) is 4.54. The summed E-state index contributed by atoms with van der Waals surface area (Å²) < 4.78 is 41.3. The number of hydrogen-bond donors (Lipinski definition) is 1. The quantitative estimate of drug-likeness (QED) is 0.826. The predicted molar refractivity (Wildman–Crippen MR) is 85.8 cm³/mol. The van der Waals surface area contributed by atoms with E-state index in [-0.39, 0.29) is 4.90 Å². The minimum Gasteiger partial charge on any atom is -0.278 e. The van der Waals surface area contributed by atoms with Crippen molar-refractivity contribution in [2.24, 2.45) is 0 Å². The van der Waals surface area contributed by atoms with Gasteiger partial charge in [-0.15, -0.1) is 0 Å². The summed E-state index contributed by atoms with van der Waals surface area (Å²) in [6, 6.07) is 7.10. The van der Waals surface area contributed by atoms with Gasteiger partial charge in [-0.3, -0.25) is 4.72 Å². The van der Waals surface area contributed by atoms with Gasteiger partial charge in [-0.05, 0) is 71.2 Å². The molecule has 0 aliphatic heterocycles. The first-order chi connectivity index (χ1) is 9.70. The first-order valence-corrected chi connectivity index (χ1v) is 8.61. The van der Waals surface area contributed by atoms with Crippen LogP contribution >= 0.6 is 27.5 Å². The largest absolute Gasteiger partial charge is 0.278 e. The zero-order valence-corrected chi connectivity index (χ0v) is 14.4. The Morgan fingerprint density at radius 2 is 1.71 bits per heavy atom. The third kappa shape index (κ3) is 3.56. The van der Waals surface area contributed by atoms with E-state index in [4.69, 9.17) is 11.6 Å². The number of rotatable bonds is 3. The zero-order valence-electron chi connectivity index (χ0n) is 11.2. The van der Waals surface area contributed by atoms with Gasteiger partial charge in [-0.1, -0.05) is 11.6 Å². The molecule has 0 amide bonds. The normalized spacial score (nSPS) is 11.5. The molecule has 112 valence electrons. The molecule has 7 heteroatoms. The smallest absolute Gasteiger partial charge is 0.262 e. The van der Waals surface area contributed by atoms with E-state index in [2.05, 4.69) is 20.7 Å². The Kier molecular flexibility index (Phi) is 4.60. The van der Waals surface area contributed by atoms with Crippen LogP contribution in [0.15, 0.2) is 39.7 Å². The first-order valence-electron chi connectivity index (χ1n) is 5.95. The van der Waals surface area contributed by atoms with E-state index in [0.717, 1.165) is 0 Å². The molecule has 21 heavy (non-hydrogen) atoms. The fraction of sp³-hybridized carbons (Fsp3) is 0.143. The van der Waals surface area contributed by atoms with Crippen LogP contribution in [0.2, 0.25) is 5.02 Å². The topological polar surface area (TPSA) is 46.2 Å². The first kappa shape index (κ1) is 16.3. The lowest BCUT2D eigenvalue weighted by Crippen LogP contribution is -2.16. The molecule has 0 aromatic heterocycles. The third-order valence-electron chi connectivity index (χ3n) is 2.87. The number of anilines is 1. The molecule has 0 aliphatic rings.